The van der Waals surface area contributed by atoms with Gasteiger partial charge >= 0.3 is 0 Å². The predicted molar refractivity (Wildman–Crippen MR) is 78.6 cm³/mol. The Morgan fingerprint density at radius 1 is 1.20 bits per heavy atom. The van der Waals surface area contributed by atoms with Crippen LogP contribution in [-0.4, -0.2) is 18.8 Å². The van der Waals surface area contributed by atoms with Crippen molar-refractivity contribution >= 4 is 26.0 Å². The molecule has 1 fully saturated rings. The summed E-state index contributed by atoms with van der Waals surface area (Å²) in [5.41, 5.74) is 0. The van der Waals surface area contributed by atoms with E-state index in [1.54, 1.807) is 42.7 Å². The Bertz CT molecular complexity index is 693. The van der Waals surface area contributed by atoms with E-state index < -0.39 is 10.0 Å². The Morgan fingerprint density at radius 2 is 1.95 bits per heavy atom. The van der Waals surface area contributed by atoms with Crippen LogP contribution in [0.15, 0.2) is 56.4 Å². The van der Waals surface area contributed by atoms with Crippen molar-refractivity contribution in [3.63, 3.8) is 0 Å². The van der Waals surface area contributed by atoms with Gasteiger partial charge in [0, 0.05) is 10.5 Å². The minimum absolute atomic E-state index is 0.0807. The first kappa shape index (κ1) is 13.9. The van der Waals surface area contributed by atoms with E-state index in [4.69, 9.17) is 4.42 Å². The molecule has 0 bridgehead atoms. The summed E-state index contributed by atoms with van der Waals surface area (Å²) in [6.07, 6.45) is 3.38. The van der Waals surface area contributed by atoms with Gasteiger partial charge in [0.25, 0.3) is 0 Å². The Balaban J connectivity index is 1.96. The molecule has 0 N–H and O–H groups in total. The van der Waals surface area contributed by atoms with Crippen LogP contribution in [0.3, 0.4) is 0 Å². The molecule has 2 aromatic rings. The van der Waals surface area contributed by atoms with Gasteiger partial charge in [-0.3, -0.25) is 0 Å². The second-order valence-corrected chi connectivity index (χ2v) is 7.50. The Hall–Kier alpha value is -1.11. The lowest BCUT2D eigenvalue weighted by atomic mass is 10.4. The van der Waals surface area contributed by atoms with E-state index >= 15 is 0 Å². The molecular formula is C14H14BrNO3S. The fourth-order valence-electron chi connectivity index (χ4n) is 2.11. The molecule has 0 aliphatic heterocycles. The van der Waals surface area contributed by atoms with E-state index in [0.717, 1.165) is 12.8 Å². The highest BCUT2D eigenvalue weighted by atomic mass is 79.9. The highest BCUT2D eigenvalue weighted by molar-refractivity contribution is 9.10. The molecule has 1 saturated carbocycles. The molecule has 1 aromatic heterocycles. The quantitative estimate of drug-likeness (QED) is 0.825. The molecule has 106 valence electrons. The summed E-state index contributed by atoms with van der Waals surface area (Å²) in [7, 11) is -3.52. The van der Waals surface area contributed by atoms with Gasteiger partial charge in [0.1, 0.15) is 5.76 Å². The molecule has 4 nitrogen and oxygen atoms in total. The first-order valence-electron chi connectivity index (χ1n) is 6.38. The number of hydrogen-bond donors (Lipinski definition) is 0. The van der Waals surface area contributed by atoms with Gasteiger partial charge in [-0.15, -0.1) is 0 Å². The van der Waals surface area contributed by atoms with Gasteiger partial charge in [-0.05, 0) is 53.0 Å². The molecule has 0 saturated heterocycles. The maximum Gasteiger partial charge on any atom is 0.244 e. The van der Waals surface area contributed by atoms with Crippen LogP contribution < -0.4 is 0 Å². The maximum atomic E-state index is 12.8. The highest BCUT2D eigenvalue weighted by Crippen LogP contribution is 2.35. The lowest BCUT2D eigenvalue weighted by Gasteiger charge is -2.21. The Labute approximate surface area is 126 Å². The van der Waals surface area contributed by atoms with Crippen molar-refractivity contribution in [1.29, 1.82) is 0 Å². The van der Waals surface area contributed by atoms with Gasteiger partial charge in [-0.25, -0.2) is 8.42 Å². The largest absolute Gasteiger partial charge is 0.468 e. The van der Waals surface area contributed by atoms with E-state index in [0.29, 0.717) is 15.1 Å². The SMILES string of the molecule is O=S(=O)(c1ccccc1Br)N(Cc1ccco1)C1CC1. The second kappa shape index (κ2) is 5.35. The second-order valence-electron chi connectivity index (χ2n) is 4.79. The minimum atomic E-state index is -3.52. The molecule has 3 rings (SSSR count). The zero-order chi connectivity index (χ0) is 14.2. The predicted octanol–water partition coefficient (Wildman–Crippen LogP) is 3.40. The molecule has 0 radical (unpaired) electrons. The van der Waals surface area contributed by atoms with Crippen molar-refractivity contribution in [1.82, 2.24) is 4.31 Å². The van der Waals surface area contributed by atoms with Crippen molar-refractivity contribution in [3.8, 4) is 0 Å². The number of rotatable bonds is 5. The van der Waals surface area contributed by atoms with E-state index in [2.05, 4.69) is 15.9 Å². The monoisotopic (exact) mass is 355 g/mol. The number of sulfonamides is 1. The summed E-state index contributed by atoms with van der Waals surface area (Å²) in [5.74, 6) is 0.660. The fraction of sp³-hybridized carbons (Fsp3) is 0.286. The third-order valence-electron chi connectivity index (χ3n) is 3.27. The number of hydrogen-bond acceptors (Lipinski definition) is 3. The summed E-state index contributed by atoms with van der Waals surface area (Å²) in [6.45, 7) is 0.279. The van der Waals surface area contributed by atoms with Crippen molar-refractivity contribution in [2.75, 3.05) is 0 Å². The fourth-order valence-corrected chi connectivity index (χ4v) is 4.73. The molecule has 0 amide bonds. The summed E-state index contributed by atoms with van der Waals surface area (Å²) < 4.78 is 33.0. The Morgan fingerprint density at radius 3 is 2.55 bits per heavy atom. The van der Waals surface area contributed by atoms with Crippen molar-refractivity contribution in [2.24, 2.45) is 0 Å². The molecule has 1 heterocycles. The third kappa shape index (κ3) is 2.68. The van der Waals surface area contributed by atoms with Gasteiger partial charge in [-0.1, -0.05) is 12.1 Å². The lowest BCUT2D eigenvalue weighted by Crippen LogP contribution is -2.32. The van der Waals surface area contributed by atoms with E-state index in [1.807, 2.05) is 0 Å². The van der Waals surface area contributed by atoms with E-state index in [1.165, 1.54) is 4.31 Å². The van der Waals surface area contributed by atoms with Crippen LogP contribution in [0, 0.1) is 0 Å². The first-order valence-corrected chi connectivity index (χ1v) is 8.61. The van der Waals surface area contributed by atoms with E-state index in [-0.39, 0.29) is 12.6 Å². The minimum Gasteiger partial charge on any atom is -0.468 e. The molecule has 0 unspecified atom stereocenters. The normalized spacial score (nSPS) is 15.7. The molecule has 20 heavy (non-hydrogen) atoms. The molecular weight excluding hydrogens is 342 g/mol. The zero-order valence-corrected chi connectivity index (χ0v) is 13.1. The van der Waals surface area contributed by atoms with Crippen LogP contribution in [0.1, 0.15) is 18.6 Å². The number of benzene rings is 1. The van der Waals surface area contributed by atoms with Crippen LogP contribution in [0.5, 0.6) is 0 Å². The van der Waals surface area contributed by atoms with Gasteiger partial charge in [0.2, 0.25) is 10.0 Å². The van der Waals surface area contributed by atoms with Crippen LogP contribution in [0.25, 0.3) is 0 Å². The standard InChI is InChI=1S/C14H14BrNO3S/c15-13-5-1-2-6-14(13)20(17,18)16(11-7-8-11)10-12-4-3-9-19-12/h1-6,9,11H,7-8,10H2. The summed E-state index contributed by atoms with van der Waals surface area (Å²) in [6, 6.07) is 10.5. The molecule has 1 aliphatic rings. The van der Waals surface area contributed by atoms with Crippen molar-refractivity contribution in [3.05, 3.63) is 52.9 Å². The number of furan rings is 1. The smallest absolute Gasteiger partial charge is 0.244 e. The maximum absolute atomic E-state index is 12.8. The molecule has 0 atom stereocenters. The van der Waals surface area contributed by atoms with Crippen LogP contribution in [0.2, 0.25) is 0 Å². The number of nitrogens with zero attached hydrogens (tertiary/aromatic N) is 1. The summed E-state index contributed by atoms with van der Waals surface area (Å²) in [5, 5.41) is 0. The van der Waals surface area contributed by atoms with Gasteiger partial charge in [0.15, 0.2) is 0 Å². The van der Waals surface area contributed by atoms with Crippen LogP contribution in [-0.2, 0) is 16.6 Å². The Kier molecular flexibility index (Phi) is 3.70. The molecule has 1 aromatic carbocycles. The molecule has 0 spiro atoms. The van der Waals surface area contributed by atoms with Crippen molar-refractivity contribution < 1.29 is 12.8 Å². The van der Waals surface area contributed by atoms with Crippen LogP contribution >= 0.6 is 15.9 Å². The number of halogens is 1. The average molecular weight is 356 g/mol. The zero-order valence-electron chi connectivity index (χ0n) is 10.7. The molecule has 1 aliphatic carbocycles. The lowest BCUT2D eigenvalue weighted by molar-refractivity contribution is 0.356. The van der Waals surface area contributed by atoms with Crippen molar-refractivity contribution in [2.45, 2.75) is 30.3 Å². The third-order valence-corrected chi connectivity index (χ3v) is 6.18. The summed E-state index contributed by atoms with van der Waals surface area (Å²) >= 11 is 3.32. The van der Waals surface area contributed by atoms with Gasteiger partial charge in [-0.2, -0.15) is 4.31 Å². The topological polar surface area (TPSA) is 50.5 Å². The molecule has 6 heteroatoms. The van der Waals surface area contributed by atoms with Gasteiger partial charge in [0.05, 0.1) is 17.7 Å². The highest BCUT2D eigenvalue weighted by Gasteiger charge is 2.39. The van der Waals surface area contributed by atoms with E-state index in [9.17, 15) is 8.42 Å². The van der Waals surface area contributed by atoms with Gasteiger partial charge < -0.3 is 4.42 Å². The van der Waals surface area contributed by atoms with Crippen LogP contribution in [0.4, 0.5) is 0 Å². The summed E-state index contributed by atoms with van der Waals surface area (Å²) in [4.78, 5) is 0.304. The average Bonchev–Trinajstić information content (AvgIpc) is 3.12. The first-order chi connectivity index (χ1) is 9.59.